The van der Waals surface area contributed by atoms with Crippen molar-refractivity contribution < 1.29 is 4.79 Å². The fraction of sp³-hybridized carbons (Fsp3) is 0.0625. The number of carbonyl (C=O) groups is 1. The number of hydrogen-bond donors (Lipinski definition) is 0. The number of hydrogen-bond acceptors (Lipinski definition) is 3. The van der Waals surface area contributed by atoms with Gasteiger partial charge in [-0.05, 0) is 31.2 Å². The van der Waals surface area contributed by atoms with E-state index in [1.165, 1.54) is 0 Å². The molecule has 0 unspecified atom stereocenters. The van der Waals surface area contributed by atoms with Crippen LogP contribution in [0.2, 0.25) is 0 Å². The van der Waals surface area contributed by atoms with Crippen molar-refractivity contribution in [2.24, 2.45) is 0 Å². The van der Waals surface area contributed by atoms with E-state index in [0.717, 1.165) is 33.9 Å². The number of aldehydes is 1. The molecule has 1 aromatic carbocycles. The molecule has 4 rings (SSSR count). The van der Waals surface area contributed by atoms with Gasteiger partial charge in [-0.3, -0.25) is 14.2 Å². The summed E-state index contributed by atoms with van der Waals surface area (Å²) < 4.78 is 2.03. The molecule has 0 radical (unpaired) electrons. The number of para-hydroxylation sites is 2. The van der Waals surface area contributed by atoms with E-state index in [0.29, 0.717) is 11.2 Å². The molecule has 0 fully saturated rings. The maximum Gasteiger partial charge on any atom is 0.153 e. The quantitative estimate of drug-likeness (QED) is 0.494. The summed E-state index contributed by atoms with van der Waals surface area (Å²) in [5.74, 6) is 0. The van der Waals surface area contributed by atoms with Crippen LogP contribution < -0.4 is 0 Å². The van der Waals surface area contributed by atoms with E-state index in [4.69, 9.17) is 0 Å². The Morgan fingerprint density at radius 3 is 2.85 bits per heavy atom. The molecule has 0 spiro atoms. The lowest BCUT2D eigenvalue weighted by Gasteiger charge is -2.06. The summed E-state index contributed by atoms with van der Waals surface area (Å²) in [5, 5.41) is 0.938. The van der Waals surface area contributed by atoms with Gasteiger partial charge in [-0.2, -0.15) is 0 Å². The Hall–Kier alpha value is -2.75. The van der Waals surface area contributed by atoms with Crippen LogP contribution in [0.5, 0.6) is 0 Å². The lowest BCUT2D eigenvalue weighted by molar-refractivity contribution is 0.112. The van der Waals surface area contributed by atoms with E-state index in [9.17, 15) is 4.79 Å². The molecule has 0 amide bonds. The first kappa shape index (κ1) is 11.1. The molecule has 3 aromatic heterocycles. The summed E-state index contributed by atoms with van der Waals surface area (Å²) in [5.41, 5.74) is 5.13. The number of benzene rings is 1. The predicted octanol–water partition coefficient (Wildman–Crippen LogP) is 3.16. The summed E-state index contributed by atoms with van der Waals surface area (Å²) in [6.07, 6.45) is 2.65. The fourth-order valence-electron chi connectivity index (χ4n) is 2.64. The summed E-state index contributed by atoms with van der Waals surface area (Å²) in [6, 6.07) is 11.8. The highest BCUT2D eigenvalue weighted by Gasteiger charge is 2.12. The highest BCUT2D eigenvalue weighted by molar-refractivity contribution is 5.98. The Bertz CT molecular complexity index is 985. The fourth-order valence-corrected chi connectivity index (χ4v) is 2.64. The molecule has 4 aromatic rings. The van der Waals surface area contributed by atoms with Crippen LogP contribution in [0.3, 0.4) is 0 Å². The molecule has 0 aliphatic carbocycles. The van der Waals surface area contributed by atoms with Crippen molar-refractivity contribution in [2.45, 2.75) is 6.92 Å². The Morgan fingerprint density at radius 2 is 2.00 bits per heavy atom. The highest BCUT2D eigenvalue weighted by atomic mass is 16.1. The highest BCUT2D eigenvalue weighted by Crippen LogP contribution is 2.25. The third kappa shape index (κ3) is 1.39. The van der Waals surface area contributed by atoms with E-state index in [-0.39, 0.29) is 0 Å². The van der Waals surface area contributed by atoms with Gasteiger partial charge in [0, 0.05) is 17.3 Å². The first-order valence-electron chi connectivity index (χ1n) is 6.39. The van der Waals surface area contributed by atoms with Crippen molar-refractivity contribution in [3.8, 4) is 0 Å². The van der Waals surface area contributed by atoms with Crippen LogP contribution in [0.4, 0.5) is 0 Å². The van der Waals surface area contributed by atoms with Gasteiger partial charge in [0.1, 0.15) is 5.65 Å². The number of imidazole rings is 1. The molecule has 0 saturated heterocycles. The normalized spacial score (nSPS) is 11.4. The average Bonchev–Trinajstić information content (AvgIpc) is 2.86. The van der Waals surface area contributed by atoms with Gasteiger partial charge in [-0.25, -0.2) is 4.98 Å². The average molecular weight is 261 g/mol. The number of aromatic nitrogens is 3. The maximum absolute atomic E-state index is 11.3. The topological polar surface area (TPSA) is 47.3 Å². The maximum atomic E-state index is 11.3. The van der Waals surface area contributed by atoms with Gasteiger partial charge in [0.25, 0.3) is 0 Å². The van der Waals surface area contributed by atoms with Crippen LogP contribution in [-0.2, 0) is 0 Å². The van der Waals surface area contributed by atoms with Crippen LogP contribution in [-0.4, -0.2) is 20.7 Å². The number of fused-ring (bicyclic) bond motifs is 5. The lowest BCUT2D eigenvalue weighted by Crippen LogP contribution is -1.95. The molecule has 96 valence electrons. The Balaban J connectivity index is 2.38. The molecule has 0 saturated carbocycles. The molecule has 4 nitrogen and oxygen atoms in total. The van der Waals surface area contributed by atoms with Gasteiger partial charge in [0.15, 0.2) is 6.29 Å². The second-order valence-electron chi connectivity index (χ2n) is 4.86. The van der Waals surface area contributed by atoms with Gasteiger partial charge in [0.05, 0.1) is 22.1 Å². The van der Waals surface area contributed by atoms with E-state index in [1.54, 1.807) is 6.20 Å². The van der Waals surface area contributed by atoms with Crippen LogP contribution in [0.25, 0.3) is 27.6 Å². The van der Waals surface area contributed by atoms with Crippen LogP contribution >= 0.6 is 0 Å². The second kappa shape index (κ2) is 3.87. The minimum atomic E-state index is 0.583. The van der Waals surface area contributed by atoms with Crippen molar-refractivity contribution >= 4 is 33.9 Å². The van der Waals surface area contributed by atoms with Crippen molar-refractivity contribution in [1.82, 2.24) is 14.4 Å². The first-order chi connectivity index (χ1) is 9.78. The SMILES string of the molecule is Cc1cc2c(cn1)cc(C=O)c1nc3ccccc3n12. The molecule has 0 aliphatic heterocycles. The van der Waals surface area contributed by atoms with Gasteiger partial charge in [-0.15, -0.1) is 0 Å². The summed E-state index contributed by atoms with van der Waals surface area (Å²) in [6.45, 7) is 1.96. The van der Waals surface area contributed by atoms with Gasteiger partial charge < -0.3 is 0 Å². The van der Waals surface area contributed by atoms with Gasteiger partial charge in [0.2, 0.25) is 0 Å². The Kier molecular flexibility index (Phi) is 2.15. The van der Waals surface area contributed by atoms with Crippen LogP contribution in [0.1, 0.15) is 16.1 Å². The molecule has 4 heteroatoms. The van der Waals surface area contributed by atoms with Gasteiger partial charge in [-0.1, -0.05) is 12.1 Å². The number of nitrogens with zero attached hydrogens (tertiary/aromatic N) is 3. The molecule has 0 atom stereocenters. The van der Waals surface area contributed by atoms with Gasteiger partial charge >= 0.3 is 0 Å². The third-order valence-electron chi connectivity index (χ3n) is 3.55. The molecule has 0 aliphatic rings. The molecule has 20 heavy (non-hydrogen) atoms. The lowest BCUT2D eigenvalue weighted by atomic mass is 10.2. The van der Waals surface area contributed by atoms with E-state index >= 15 is 0 Å². The molecule has 3 heterocycles. The zero-order valence-electron chi connectivity index (χ0n) is 10.9. The standard InChI is InChI=1S/C16H11N3O/c1-10-6-15-11(8-17-10)7-12(9-20)16-18-13-4-2-3-5-14(13)19(15)16/h2-9H,1H3. The van der Waals surface area contributed by atoms with Crippen molar-refractivity contribution in [1.29, 1.82) is 0 Å². The summed E-state index contributed by atoms with van der Waals surface area (Å²) >= 11 is 0. The third-order valence-corrected chi connectivity index (χ3v) is 3.55. The molecule has 0 N–H and O–H groups in total. The predicted molar refractivity (Wildman–Crippen MR) is 78.1 cm³/mol. The van der Waals surface area contributed by atoms with Crippen LogP contribution in [0.15, 0.2) is 42.6 Å². The Morgan fingerprint density at radius 1 is 1.15 bits per heavy atom. The largest absolute Gasteiger partial charge is 0.298 e. The zero-order valence-corrected chi connectivity index (χ0v) is 10.9. The monoisotopic (exact) mass is 261 g/mol. The summed E-state index contributed by atoms with van der Waals surface area (Å²) in [7, 11) is 0. The summed E-state index contributed by atoms with van der Waals surface area (Å²) in [4.78, 5) is 20.2. The smallest absolute Gasteiger partial charge is 0.153 e. The van der Waals surface area contributed by atoms with Crippen molar-refractivity contribution in [3.63, 3.8) is 0 Å². The number of rotatable bonds is 1. The Labute approximate surface area is 114 Å². The molecular weight excluding hydrogens is 250 g/mol. The number of pyridine rings is 2. The zero-order chi connectivity index (χ0) is 13.7. The van der Waals surface area contributed by atoms with Crippen molar-refractivity contribution in [3.05, 3.63) is 53.9 Å². The van der Waals surface area contributed by atoms with Crippen molar-refractivity contribution in [2.75, 3.05) is 0 Å². The molecule has 0 bridgehead atoms. The van der Waals surface area contributed by atoms with Crippen LogP contribution in [0, 0.1) is 6.92 Å². The first-order valence-corrected chi connectivity index (χ1v) is 6.39. The number of carbonyl (C=O) groups excluding carboxylic acids is 1. The van der Waals surface area contributed by atoms with E-state index in [1.807, 2.05) is 47.7 Å². The number of aryl methyl sites for hydroxylation is 1. The van der Waals surface area contributed by atoms with E-state index < -0.39 is 0 Å². The van der Waals surface area contributed by atoms with E-state index in [2.05, 4.69) is 9.97 Å². The second-order valence-corrected chi connectivity index (χ2v) is 4.86. The molecular formula is C16H11N3O. The minimum Gasteiger partial charge on any atom is -0.298 e. The minimum absolute atomic E-state index is 0.583.